The number of unbranched alkanes of at least 4 members (excludes halogenated alkanes) is 1. The summed E-state index contributed by atoms with van der Waals surface area (Å²) in [5.74, 6) is -0.639. The quantitative estimate of drug-likeness (QED) is 0.252. The third kappa shape index (κ3) is 7.41. The van der Waals surface area contributed by atoms with Gasteiger partial charge in [-0.15, -0.1) is 0 Å². The highest BCUT2D eigenvalue weighted by Gasteiger charge is 2.35. The smallest absolute Gasteiger partial charge is 0.419 e. The second-order valence-electron chi connectivity index (χ2n) is 7.39. The average molecular weight is 521 g/mol. The fraction of sp³-hybridized carbons (Fsp3) is 0.217. The molecule has 0 unspecified atom stereocenters. The number of nitrogens with one attached hydrogen (secondary N) is 1. The Kier molecular flexibility index (Phi) is 8.96. The number of nitrogens with two attached hydrogens (primary N) is 1. The van der Waals surface area contributed by atoms with Gasteiger partial charge in [0.15, 0.2) is 5.69 Å². The molecule has 9 nitrogen and oxygen atoms in total. The van der Waals surface area contributed by atoms with E-state index in [1.807, 2.05) is 11.6 Å². The number of sulfonamides is 1. The number of rotatable bonds is 9. The van der Waals surface area contributed by atoms with Crippen molar-refractivity contribution in [2.24, 2.45) is 15.7 Å². The minimum absolute atomic E-state index is 0.145. The lowest BCUT2D eigenvalue weighted by molar-refractivity contribution is -0.138. The first-order chi connectivity index (χ1) is 16.8. The van der Waals surface area contributed by atoms with Gasteiger partial charge in [0.25, 0.3) is 10.0 Å². The van der Waals surface area contributed by atoms with Gasteiger partial charge in [-0.3, -0.25) is 9.71 Å². The highest BCUT2D eigenvalue weighted by molar-refractivity contribution is 7.92. The van der Waals surface area contributed by atoms with Crippen LogP contribution in [0.25, 0.3) is 0 Å². The van der Waals surface area contributed by atoms with E-state index in [0.717, 1.165) is 37.2 Å². The van der Waals surface area contributed by atoms with Gasteiger partial charge in [-0.1, -0.05) is 19.9 Å². The van der Waals surface area contributed by atoms with Crippen LogP contribution in [0.1, 0.15) is 43.5 Å². The number of hydrogen-bond donors (Lipinski definition) is 3. The van der Waals surface area contributed by atoms with Gasteiger partial charge < -0.3 is 10.8 Å². The number of aliphatic imine (C=N–C) groups is 2. The van der Waals surface area contributed by atoms with E-state index < -0.39 is 38.0 Å². The molecule has 0 aliphatic carbocycles. The maximum absolute atomic E-state index is 13.2. The number of hydrogen-bond acceptors (Lipinski definition) is 7. The molecular formula is C23H23F3N6O3S. The number of nitrogens with zero attached hydrogens (tertiary/aromatic N) is 4. The Morgan fingerprint density at radius 1 is 1.36 bits per heavy atom. The number of phenolic OH excluding ortho intramolecular Hbond substituents is 1. The molecule has 0 aliphatic heterocycles. The van der Waals surface area contributed by atoms with Crippen molar-refractivity contribution in [2.45, 2.75) is 37.8 Å². The second-order valence-corrected chi connectivity index (χ2v) is 9.07. The Labute approximate surface area is 206 Å². The monoisotopic (exact) mass is 520 g/mol. The Hall–Kier alpha value is -4.18. The Bertz CT molecular complexity index is 1390. The number of aromatic nitrogens is 1. The number of alkyl halides is 3. The van der Waals surface area contributed by atoms with Crippen molar-refractivity contribution in [1.29, 1.82) is 5.26 Å². The highest BCUT2D eigenvalue weighted by atomic mass is 32.2. The third-order valence-electron chi connectivity index (χ3n) is 4.46. The Balaban J connectivity index is 2.37. The molecule has 0 radical (unpaired) electrons. The third-order valence-corrected chi connectivity index (χ3v) is 5.84. The van der Waals surface area contributed by atoms with Crippen molar-refractivity contribution in [3.8, 4) is 11.8 Å². The SMILES string of the molecule is C=C(/C=C(\C)N=CCCC)N=C(N)c1cc(S(=O)(=O)Nc2cnc(C#N)c(C(F)(F)F)c2)ccc1O. The summed E-state index contributed by atoms with van der Waals surface area (Å²) in [4.78, 5) is 11.2. The average Bonchev–Trinajstić information content (AvgIpc) is 2.78. The molecule has 190 valence electrons. The maximum atomic E-state index is 13.2. The largest absolute Gasteiger partial charge is 0.507 e. The van der Waals surface area contributed by atoms with Crippen LogP contribution in [0.5, 0.6) is 5.75 Å². The molecule has 0 amide bonds. The number of nitriles is 1. The molecule has 1 heterocycles. The molecule has 0 saturated carbocycles. The van der Waals surface area contributed by atoms with Gasteiger partial charge in [-0.25, -0.2) is 18.4 Å². The van der Waals surface area contributed by atoms with E-state index in [4.69, 9.17) is 11.0 Å². The zero-order valence-corrected chi connectivity index (χ0v) is 20.2. The molecule has 13 heteroatoms. The van der Waals surface area contributed by atoms with Crippen molar-refractivity contribution in [1.82, 2.24) is 4.98 Å². The molecule has 0 spiro atoms. The van der Waals surface area contributed by atoms with Crippen LogP contribution < -0.4 is 10.5 Å². The number of anilines is 1. The molecule has 2 rings (SSSR count). The first kappa shape index (κ1) is 28.1. The number of phenols is 1. The van der Waals surface area contributed by atoms with Crippen molar-refractivity contribution >= 4 is 27.8 Å². The first-order valence-corrected chi connectivity index (χ1v) is 11.8. The number of benzene rings is 1. The molecule has 2 aromatic rings. The molecule has 0 saturated heterocycles. The summed E-state index contributed by atoms with van der Waals surface area (Å²) >= 11 is 0. The summed E-state index contributed by atoms with van der Waals surface area (Å²) in [7, 11) is -4.44. The molecule has 4 N–H and O–H groups in total. The number of halogens is 3. The lowest BCUT2D eigenvalue weighted by Crippen LogP contribution is -2.18. The topological polar surface area (TPSA) is 154 Å². The minimum Gasteiger partial charge on any atom is -0.507 e. The van der Waals surface area contributed by atoms with Gasteiger partial charge in [0, 0.05) is 11.9 Å². The molecular weight excluding hydrogens is 497 g/mol. The lowest BCUT2D eigenvalue weighted by atomic mass is 10.2. The van der Waals surface area contributed by atoms with Crippen LogP contribution in [0, 0.1) is 11.3 Å². The summed E-state index contributed by atoms with van der Waals surface area (Å²) in [5, 5.41) is 19.0. The van der Waals surface area contributed by atoms with Crippen LogP contribution in [0.4, 0.5) is 18.9 Å². The van der Waals surface area contributed by atoms with Crippen LogP contribution in [-0.4, -0.2) is 30.6 Å². The van der Waals surface area contributed by atoms with Gasteiger partial charge in [-0.2, -0.15) is 18.4 Å². The summed E-state index contributed by atoms with van der Waals surface area (Å²) < 4.78 is 67.1. The van der Waals surface area contributed by atoms with Crippen molar-refractivity contribution in [3.63, 3.8) is 0 Å². The lowest BCUT2D eigenvalue weighted by Gasteiger charge is -2.13. The number of amidine groups is 1. The predicted molar refractivity (Wildman–Crippen MR) is 130 cm³/mol. The summed E-state index contributed by atoms with van der Waals surface area (Å²) in [6, 6.07) is 4.84. The molecule has 0 fully saturated rings. The summed E-state index contributed by atoms with van der Waals surface area (Å²) in [5.41, 5.74) is 3.77. The molecule has 1 aromatic carbocycles. The molecule has 0 bridgehead atoms. The number of allylic oxidation sites excluding steroid dienone is 2. The molecule has 0 atom stereocenters. The van der Waals surface area contributed by atoms with Crippen LogP contribution in [0.2, 0.25) is 0 Å². The van der Waals surface area contributed by atoms with E-state index in [2.05, 4.69) is 21.5 Å². The molecule has 1 aromatic heterocycles. The van der Waals surface area contributed by atoms with Gasteiger partial charge in [0.2, 0.25) is 0 Å². The summed E-state index contributed by atoms with van der Waals surface area (Å²) in [6.07, 6.45) is 0.856. The Morgan fingerprint density at radius 2 is 2.06 bits per heavy atom. The standard InChI is InChI=1S/C23H23F3N6O3S/c1-4-5-8-29-14(2)9-15(3)31-22(28)18-11-17(6-7-21(18)33)36(34,35)32-16-10-19(23(24,25)26)20(12-27)30-13-16/h6-11,13,32-33H,3-5H2,1-2H3,(H2,28,31)/b14-9+,29-8?. The van der Waals surface area contributed by atoms with Gasteiger partial charge in [0.05, 0.1) is 33.6 Å². The minimum atomic E-state index is -4.92. The van der Waals surface area contributed by atoms with Gasteiger partial charge in [0.1, 0.15) is 17.7 Å². The van der Waals surface area contributed by atoms with Crippen LogP contribution in [0.3, 0.4) is 0 Å². The fourth-order valence-electron chi connectivity index (χ4n) is 2.79. The zero-order chi connectivity index (χ0) is 27.1. The normalized spacial score (nSPS) is 13.0. The van der Waals surface area contributed by atoms with Crippen LogP contribution in [-0.2, 0) is 16.2 Å². The second kappa shape index (κ2) is 11.5. The van der Waals surface area contributed by atoms with Crippen molar-refractivity contribution < 1.29 is 26.7 Å². The van der Waals surface area contributed by atoms with Crippen molar-refractivity contribution in [2.75, 3.05) is 4.72 Å². The Morgan fingerprint density at radius 3 is 2.67 bits per heavy atom. The van der Waals surface area contributed by atoms with Gasteiger partial charge >= 0.3 is 6.18 Å². The van der Waals surface area contributed by atoms with E-state index in [-0.39, 0.29) is 22.8 Å². The van der Waals surface area contributed by atoms with E-state index in [1.165, 1.54) is 12.1 Å². The van der Waals surface area contributed by atoms with Crippen molar-refractivity contribution in [3.05, 3.63) is 71.3 Å². The zero-order valence-electron chi connectivity index (χ0n) is 19.3. The van der Waals surface area contributed by atoms with Gasteiger partial charge in [-0.05, 0) is 43.7 Å². The van der Waals surface area contributed by atoms with Crippen LogP contribution in [0.15, 0.2) is 69.4 Å². The summed E-state index contributed by atoms with van der Waals surface area (Å²) in [6.45, 7) is 7.47. The van der Waals surface area contributed by atoms with E-state index in [1.54, 1.807) is 13.1 Å². The number of aromatic hydroxyl groups is 1. The van der Waals surface area contributed by atoms with E-state index in [0.29, 0.717) is 11.8 Å². The number of pyridine rings is 1. The molecule has 36 heavy (non-hydrogen) atoms. The van der Waals surface area contributed by atoms with E-state index >= 15 is 0 Å². The highest BCUT2D eigenvalue weighted by Crippen LogP contribution is 2.33. The first-order valence-electron chi connectivity index (χ1n) is 10.4. The maximum Gasteiger partial charge on any atom is 0.419 e. The van der Waals surface area contributed by atoms with Crippen LogP contribution >= 0.6 is 0 Å². The fourth-order valence-corrected chi connectivity index (χ4v) is 3.85. The predicted octanol–water partition coefficient (Wildman–Crippen LogP) is 4.47. The molecule has 0 aliphatic rings. The van der Waals surface area contributed by atoms with E-state index in [9.17, 15) is 26.7 Å².